The summed E-state index contributed by atoms with van der Waals surface area (Å²) in [7, 11) is 0. The van der Waals surface area contributed by atoms with Gasteiger partial charge in [0.15, 0.2) is 0 Å². The topological polar surface area (TPSA) is 77.8 Å². The van der Waals surface area contributed by atoms with Gasteiger partial charge in [0.05, 0.1) is 11.6 Å². The number of hydrogen-bond acceptors (Lipinski definition) is 4. The van der Waals surface area contributed by atoms with Crippen molar-refractivity contribution in [2.24, 2.45) is 0 Å². The van der Waals surface area contributed by atoms with Crippen LogP contribution in [0, 0.1) is 6.92 Å². The quantitative estimate of drug-likeness (QED) is 0.400. The molecule has 0 bridgehead atoms. The summed E-state index contributed by atoms with van der Waals surface area (Å²) < 4.78 is 0. The molecule has 0 aliphatic carbocycles. The molecule has 1 heterocycles. The first-order valence-corrected chi connectivity index (χ1v) is 9.19. The first-order chi connectivity index (χ1) is 14.0. The molecule has 4 rings (SSSR count). The fourth-order valence-electron chi connectivity index (χ4n) is 3.53. The summed E-state index contributed by atoms with van der Waals surface area (Å²) in [5, 5.41) is 20.5. The Bertz CT molecular complexity index is 1100. The molecule has 3 aromatic rings. The predicted octanol–water partition coefficient (Wildman–Crippen LogP) is 4.33. The number of carbonyl (C=O) groups is 2. The molecule has 144 valence electrons. The first-order valence-electron chi connectivity index (χ1n) is 9.19. The molecule has 1 saturated heterocycles. The fourth-order valence-corrected chi connectivity index (χ4v) is 3.53. The van der Waals surface area contributed by atoms with Gasteiger partial charge in [-0.05, 0) is 36.8 Å². The molecule has 1 aliphatic rings. The Labute approximate surface area is 168 Å². The SMILES string of the molecule is Cc1ccc(C2/C(=C(\O)c3ccccc3)C(=O)C(=O)N2c2ccc(O)cc2)cc1. The molecule has 0 radical (unpaired) electrons. The van der Waals surface area contributed by atoms with E-state index < -0.39 is 17.7 Å². The number of nitrogens with zero attached hydrogens (tertiary/aromatic N) is 1. The lowest BCUT2D eigenvalue weighted by Gasteiger charge is -2.25. The molecule has 1 atom stereocenters. The summed E-state index contributed by atoms with van der Waals surface area (Å²) in [6, 6.07) is 21.5. The number of benzene rings is 3. The summed E-state index contributed by atoms with van der Waals surface area (Å²) in [4.78, 5) is 27.3. The summed E-state index contributed by atoms with van der Waals surface area (Å²) in [6.45, 7) is 1.95. The van der Waals surface area contributed by atoms with Gasteiger partial charge in [0.25, 0.3) is 11.7 Å². The van der Waals surface area contributed by atoms with Crippen LogP contribution in [0.2, 0.25) is 0 Å². The molecule has 1 aliphatic heterocycles. The van der Waals surface area contributed by atoms with Gasteiger partial charge >= 0.3 is 0 Å². The Balaban J connectivity index is 1.94. The zero-order valence-corrected chi connectivity index (χ0v) is 15.7. The minimum atomic E-state index is -0.777. The van der Waals surface area contributed by atoms with Crippen molar-refractivity contribution < 1.29 is 19.8 Å². The van der Waals surface area contributed by atoms with Crippen molar-refractivity contribution in [2.45, 2.75) is 13.0 Å². The number of ketones is 1. The van der Waals surface area contributed by atoms with Crippen molar-refractivity contribution >= 4 is 23.1 Å². The highest BCUT2D eigenvalue weighted by Gasteiger charge is 2.46. The van der Waals surface area contributed by atoms with Crippen molar-refractivity contribution in [3.63, 3.8) is 0 Å². The van der Waals surface area contributed by atoms with Gasteiger partial charge in [-0.15, -0.1) is 0 Å². The van der Waals surface area contributed by atoms with Crippen LogP contribution < -0.4 is 4.90 Å². The predicted molar refractivity (Wildman–Crippen MR) is 111 cm³/mol. The van der Waals surface area contributed by atoms with E-state index in [2.05, 4.69) is 0 Å². The Morgan fingerprint density at radius 2 is 1.48 bits per heavy atom. The second-order valence-electron chi connectivity index (χ2n) is 6.96. The maximum atomic E-state index is 13.0. The molecule has 0 aromatic heterocycles. The zero-order chi connectivity index (χ0) is 20.5. The van der Waals surface area contributed by atoms with Gasteiger partial charge in [-0.2, -0.15) is 0 Å². The van der Waals surface area contributed by atoms with E-state index in [0.717, 1.165) is 5.56 Å². The van der Waals surface area contributed by atoms with Gasteiger partial charge in [-0.1, -0.05) is 60.2 Å². The standard InChI is InChI=1S/C24H19NO4/c1-15-7-9-16(10-8-15)21-20(22(27)17-5-3-2-4-6-17)23(28)24(29)25(21)18-11-13-19(26)14-12-18/h2-14,21,26-27H,1H3/b22-20+. The van der Waals surface area contributed by atoms with E-state index in [1.54, 1.807) is 36.4 Å². The summed E-state index contributed by atoms with van der Waals surface area (Å²) in [5.74, 6) is -1.62. The lowest BCUT2D eigenvalue weighted by atomic mass is 9.94. The number of aliphatic hydroxyl groups is 1. The van der Waals surface area contributed by atoms with E-state index in [9.17, 15) is 19.8 Å². The van der Waals surface area contributed by atoms with Crippen molar-refractivity contribution in [3.8, 4) is 5.75 Å². The lowest BCUT2D eigenvalue weighted by Crippen LogP contribution is -2.29. The third-order valence-electron chi connectivity index (χ3n) is 5.01. The Morgan fingerprint density at radius 1 is 0.862 bits per heavy atom. The van der Waals surface area contributed by atoms with Gasteiger partial charge in [-0.3, -0.25) is 14.5 Å². The number of aromatic hydroxyl groups is 1. The van der Waals surface area contributed by atoms with Gasteiger partial charge in [0, 0.05) is 11.3 Å². The first kappa shape index (κ1) is 18.5. The van der Waals surface area contributed by atoms with E-state index in [0.29, 0.717) is 16.8 Å². The van der Waals surface area contributed by atoms with E-state index >= 15 is 0 Å². The third-order valence-corrected chi connectivity index (χ3v) is 5.01. The second kappa shape index (κ2) is 7.28. The number of rotatable bonds is 3. The summed E-state index contributed by atoms with van der Waals surface area (Å²) >= 11 is 0. The van der Waals surface area contributed by atoms with Crippen LogP contribution >= 0.6 is 0 Å². The monoisotopic (exact) mass is 385 g/mol. The zero-order valence-electron chi connectivity index (χ0n) is 15.7. The van der Waals surface area contributed by atoms with E-state index in [4.69, 9.17) is 0 Å². The van der Waals surface area contributed by atoms with Crippen LogP contribution in [-0.4, -0.2) is 21.9 Å². The molecule has 0 saturated carbocycles. The van der Waals surface area contributed by atoms with Crippen LogP contribution in [0.5, 0.6) is 5.75 Å². The van der Waals surface area contributed by atoms with Crippen LogP contribution in [0.25, 0.3) is 5.76 Å². The summed E-state index contributed by atoms with van der Waals surface area (Å²) in [6.07, 6.45) is 0. The largest absolute Gasteiger partial charge is 0.508 e. The third kappa shape index (κ3) is 3.27. The number of hydrogen-bond donors (Lipinski definition) is 2. The maximum Gasteiger partial charge on any atom is 0.300 e. The molecule has 3 aromatic carbocycles. The molecule has 0 spiro atoms. The van der Waals surface area contributed by atoms with Crippen molar-refractivity contribution in [1.82, 2.24) is 0 Å². The highest BCUT2D eigenvalue weighted by molar-refractivity contribution is 6.51. The maximum absolute atomic E-state index is 13.0. The number of phenolic OH excluding ortho intramolecular Hbond substituents is 1. The molecule has 5 nitrogen and oxygen atoms in total. The number of Topliss-reactive ketones (excluding diaryl/α,β-unsaturated/α-hetero) is 1. The van der Waals surface area contributed by atoms with Crippen LogP contribution in [0.4, 0.5) is 5.69 Å². The van der Waals surface area contributed by atoms with Crippen LogP contribution in [0.1, 0.15) is 22.7 Å². The minimum absolute atomic E-state index is 0.0399. The van der Waals surface area contributed by atoms with Crippen molar-refractivity contribution in [1.29, 1.82) is 0 Å². The molecular weight excluding hydrogens is 366 g/mol. The molecular formula is C24H19NO4. The average Bonchev–Trinajstić information content (AvgIpc) is 3.00. The van der Waals surface area contributed by atoms with E-state index in [-0.39, 0.29) is 17.1 Å². The van der Waals surface area contributed by atoms with Crippen molar-refractivity contribution in [3.05, 3.63) is 101 Å². The number of carbonyl (C=O) groups excluding carboxylic acids is 2. The van der Waals surface area contributed by atoms with Crippen LogP contribution in [0.3, 0.4) is 0 Å². The molecule has 1 amide bonds. The molecule has 1 unspecified atom stereocenters. The minimum Gasteiger partial charge on any atom is -0.508 e. The van der Waals surface area contributed by atoms with Gasteiger partial charge in [0.2, 0.25) is 0 Å². The van der Waals surface area contributed by atoms with Gasteiger partial charge in [-0.25, -0.2) is 0 Å². The summed E-state index contributed by atoms with van der Waals surface area (Å²) in [5.41, 5.74) is 2.72. The average molecular weight is 385 g/mol. The molecule has 2 N–H and O–H groups in total. The number of amides is 1. The smallest absolute Gasteiger partial charge is 0.300 e. The van der Waals surface area contributed by atoms with Gasteiger partial charge in [0.1, 0.15) is 11.5 Å². The number of aliphatic hydroxyl groups excluding tert-OH is 1. The highest BCUT2D eigenvalue weighted by atomic mass is 16.3. The number of anilines is 1. The number of phenols is 1. The van der Waals surface area contributed by atoms with Gasteiger partial charge < -0.3 is 10.2 Å². The second-order valence-corrected chi connectivity index (χ2v) is 6.96. The Kier molecular flexibility index (Phi) is 4.64. The van der Waals surface area contributed by atoms with Crippen molar-refractivity contribution in [2.75, 3.05) is 4.90 Å². The normalized spacial score (nSPS) is 18.2. The van der Waals surface area contributed by atoms with E-state index in [1.807, 2.05) is 37.3 Å². The van der Waals surface area contributed by atoms with E-state index in [1.165, 1.54) is 17.0 Å². The Morgan fingerprint density at radius 3 is 2.10 bits per heavy atom. The highest BCUT2D eigenvalue weighted by Crippen LogP contribution is 2.42. The molecule has 1 fully saturated rings. The fraction of sp³-hybridized carbons (Fsp3) is 0.0833. The van der Waals surface area contributed by atoms with Crippen LogP contribution in [-0.2, 0) is 9.59 Å². The van der Waals surface area contributed by atoms with Crippen LogP contribution in [0.15, 0.2) is 84.4 Å². The Hall–Kier alpha value is -3.86. The lowest BCUT2D eigenvalue weighted by molar-refractivity contribution is -0.132. The molecule has 29 heavy (non-hydrogen) atoms. The number of aryl methyl sites for hydroxylation is 1. The molecule has 5 heteroatoms.